The van der Waals surface area contributed by atoms with Gasteiger partial charge in [-0.25, -0.2) is 17.2 Å². The van der Waals surface area contributed by atoms with Crippen LogP contribution in [0.2, 0.25) is 0 Å². The molecule has 2 N–H and O–H groups in total. The number of pyridine rings is 1. The van der Waals surface area contributed by atoms with Crippen molar-refractivity contribution in [3.05, 3.63) is 250 Å². The Morgan fingerprint density at radius 3 is 1.27 bits per heavy atom. The predicted octanol–water partition coefficient (Wildman–Crippen LogP) is 23.8. The second kappa shape index (κ2) is 37.6. The molecule has 7 nitrogen and oxygen atoms in total. The van der Waals surface area contributed by atoms with Crippen LogP contribution in [0.1, 0.15) is 261 Å². The monoisotopic (exact) mass is 1370 g/mol. The van der Waals surface area contributed by atoms with Gasteiger partial charge in [-0.15, -0.1) is 0 Å². The number of halogens is 2. The summed E-state index contributed by atoms with van der Waals surface area (Å²) in [6, 6.07) is 38.4. The number of benzene rings is 6. The molecule has 1 aromatic heterocycles. The number of nitrogens with zero attached hydrogens (tertiary/aromatic N) is 1. The topological polar surface area (TPSA) is 106 Å². The molecular weight excluding hydrogens is 1240 g/mol. The molecule has 0 radical (unpaired) electrons. The average molecular weight is 1370 g/mol. The van der Waals surface area contributed by atoms with E-state index in [0.29, 0.717) is 16.4 Å². The number of allylic oxidation sites excluding steroid dienone is 3. The molecule has 7 aromatic rings. The van der Waals surface area contributed by atoms with E-state index in [2.05, 4.69) is 217 Å². The van der Waals surface area contributed by atoms with E-state index in [4.69, 9.17) is 19.7 Å². The highest BCUT2D eigenvalue weighted by atomic mass is 32.2. The molecule has 0 fully saturated rings. The van der Waals surface area contributed by atoms with Gasteiger partial charge in [0.05, 0.1) is 27.4 Å². The zero-order valence-corrected chi connectivity index (χ0v) is 67.7. The number of aromatic nitrogens is 1. The zero-order valence-electron chi connectivity index (χ0n) is 66.9. The average Bonchev–Trinajstić information content (AvgIpc) is 1.51. The fourth-order valence-corrected chi connectivity index (χ4v) is 10.9. The summed E-state index contributed by atoms with van der Waals surface area (Å²) in [6.07, 6.45) is 5.57. The number of aliphatic hydroxyl groups excluding tert-OH is 2. The van der Waals surface area contributed by atoms with Crippen LogP contribution >= 0.6 is 0 Å². The highest BCUT2D eigenvalue weighted by Crippen LogP contribution is 2.35. The van der Waals surface area contributed by atoms with Crippen molar-refractivity contribution in [2.24, 2.45) is 5.41 Å². The zero-order chi connectivity index (χ0) is 76.1. The quantitative estimate of drug-likeness (QED) is 0.177. The van der Waals surface area contributed by atoms with E-state index in [9.17, 15) is 17.2 Å². The predicted molar refractivity (Wildman–Crippen MR) is 417 cm³/mol. The molecule has 0 aliphatic carbocycles. The number of methoxy groups -OCH3 is 2. The van der Waals surface area contributed by atoms with E-state index in [-0.39, 0.29) is 62.8 Å². The van der Waals surface area contributed by atoms with Crippen LogP contribution in [0.5, 0.6) is 11.5 Å². The lowest BCUT2D eigenvalue weighted by atomic mass is 9.85. The minimum absolute atomic E-state index is 0.0346. The first kappa shape index (κ1) is 89.3. The fraction of sp³-hybridized carbons (Fsp3) is 0.489. The van der Waals surface area contributed by atoms with Crippen molar-refractivity contribution in [1.82, 2.24) is 4.98 Å². The molecule has 10 heteroatoms. The molecule has 0 atom stereocenters. The maximum Gasteiger partial charge on any atom is 0.196 e. The van der Waals surface area contributed by atoms with Crippen molar-refractivity contribution in [3.63, 3.8) is 0 Å². The van der Waals surface area contributed by atoms with Crippen LogP contribution < -0.4 is 9.47 Å². The Morgan fingerprint density at radius 1 is 0.439 bits per heavy atom. The van der Waals surface area contributed by atoms with Gasteiger partial charge in [0, 0.05) is 28.3 Å². The van der Waals surface area contributed by atoms with Crippen LogP contribution in [0.3, 0.4) is 0 Å². The van der Waals surface area contributed by atoms with Gasteiger partial charge in [-0.05, 0) is 214 Å². The van der Waals surface area contributed by atoms with Gasteiger partial charge in [0.25, 0.3) is 0 Å². The number of aryl methyl sites for hydroxylation is 7. The third kappa shape index (κ3) is 31.2. The van der Waals surface area contributed by atoms with Crippen molar-refractivity contribution >= 4 is 9.84 Å². The second-order valence-electron chi connectivity index (χ2n) is 33.6. The summed E-state index contributed by atoms with van der Waals surface area (Å²) >= 11 is 0. The Morgan fingerprint density at radius 2 is 0.908 bits per heavy atom. The molecule has 6 aromatic carbocycles. The van der Waals surface area contributed by atoms with Crippen molar-refractivity contribution in [1.29, 1.82) is 0 Å². The first-order valence-corrected chi connectivity index (χ1v) is 35.9. The third-order valence-corrected chi connectivity index (χ3v) is 18.1. The third-order valence-electron chi connectivity index (χ3n) is 16.6. The van der Waals surface area contributed by atoms with E-state index < -0.39 is 9.84 Å². The summed E-state index contributed by atoms with van der Waals surface area (Å²) in [5.41, 5.74) is 19.7. The van der Waals surface area contributed by atoms with Gasteiger partial charge in [0.15, 0.2) is 9.84 Å². The normalized spacial score (nSPS) is 12.8. The molecule has 0 bridgehead atoms. The smallest absolute Gasteiger partial charge is 0.196 e. The lowest BCUT2D eigenvalue weighted by Crippen LogP contribution is -2.12. The Hall–Kier alpha value is -6.72. The van der Waals surface area contributed by atoms with E-state index in [1.807, 2.05) is 105 Å². The van der Waals surface area contributed by atoms with Gasteiger partial charge in [-0.3, -0.25) is 4.98 Å². The number of hydrogen-bond donors (Lipinski definition) is 2. The van der Waals surface area contributed by atoms with Crippen LogP contribution in [0.15, 0.2) is 150 Å². The lowest BCUT2D eigenvalue weighted by Gasteiger charge is -2.22. The van der Waals surface area contributed by atoms with Crippen LogP contribution in [0.25, 0.3) is 0 Å². The van der Waals surface area contributed by atoms with Gasteiger partial charge < -0.3 is 19.7 Å². The SMILES string of the molecule is CC1=CC(C(C)(C)C)=CS1(=O)=O.COc1ccc(C(C)(C)C)cc1C.COc1ccc(C)cc1C(C)(C)C.Cc1cc(C(C)(C)C)cc(F)c1CO.Cc1cc(C(C)(C)C)ccc1CO.Cc1cc(F)cc(C(C)(C)C)c1.Cc1cccc(C(C)C)c1.Cc1cncc(C(C)(C)C)c1. The van der Waals surface area contributed by atoms with E-state index in [1.165, 1.54) is 67.1 Å². The van der Waals surface area contributed by atoms with Crippen molar-refractivity contribution in [3.8, 4) is 11.5 Å². The van der Waals surface area contributed by atoms with Crippen LogP contribution in [-0.4, -0.2) is 37.8 Å². The summed E-state index contributed by atoms with van der Waals surface area (Å²) in [7, 11) is 0.371. The van der Waals surface area contributed by atoms with E-state index in [1.54, 1.807) is 39.4 Å². The van der Waals surface area contributed by atoms with Crippen LogP contribution in [0.4, 0.5) is 8.78 Å². The number of rotatable bonds is 5. The Labute approximate surface area is 596 Å². The minimum atomic E-state index is -3.06. The molecular formula is C88H129F2NO6S. The van der Waals surface area contributed by atoms with Gasteiger partial charge in [0.2, 0.25) is 0 Å². The Kier molecular flexibility index (Phi) is 34.3. The number of aliphatic hydroxyl groups is 2. The molecule has 542 valence electrons. The lowest BCUT2D eigenvalue weighted by molar-refractivity contribution is 0.274. The standard InChI is InChI=1S/C12H17FO.3C12H18O.C11H15F.C10H15N.C10H14.C9H14O2S/c1-8-5-9(12(2,3)4)6-11(13)10(8)7-14;1-9-8-10(12(2,3)4)6-7-11(9)13-5;1-9-6-7-11(13-5)10(8-9)12(2,3)4;1-9-7-11(12(2,3)4)6-5-10(9)8-13;1-8-5-9(11(2,3)4)7-10(12)6-8;1-8-5-9(7-11-6-8)10(2,3)4;1-8(2)10-6-4-5-9(3)7-10;1-7-5-8(9(2,3)4)6-12(7,10)11/h5-6,14H,7H2,1-4H3;2*6-8H,1-5H3;5-7,13H,8H2,1-4H3;5-7H,1-4H3;5-7H,1-4H3;4-8H,1-3H3;5-6H,1-4H3. The Bertz CT molecular complexity index is 3710. The molecule has 0 unspecified atom stereocenters. The Balaban J connectivity index is 0.000000561. The molecule has 1 aliphatic heterocycles. The first-order chi connectivity index (χ1) is 44.5. The van der Waals surface area contributed by atoms with Gasteiger partial charge in [0.1, 0.15) is 23.1 Å². The summed E-state index contributed by atoms with van der Waals surface area (Å²) < 4.78 is 59.5. The first-order valence-electron chi connectivity index (χ1n) is 34.4. The molecule has 8 rings (SSSR count). The van der Waals surface area contributed by atoms with E-state index in [0.717, 1.165) is 44.9 Å². The maximum atomic E-state index is 13.5. The second-order valence-corrected chi connectivity index (χ2v) is 35.5. The number of hydrogen-bond acceptors (Lipinski definition) is 7. The van der Waals surface area contributed by atoms with Crippen molar-refractivity contribution < 1.29 is 36.9 Å². The summed E-state index contributed by atoms with van der Waals surface area (Å²) in [5, 5.41) is 19.3. The number of ether oxygens (including phenoxy) is 2. The summed E-state index contributed by atoms with van der Waals surface area (Å²) in [6.45, 7) is 64.9. The van der Waals surface area contributed by atoms with Crippen LogP contribution in [0, 0.1) is 65.5 Å². The highest BCUT2D eigenvalue weighted by Gasteiger charge is 2.26. The molecule has 2 heterocycles. The molecule has 0 amide bonds. The van der Waals surface area contributed by atoms with Gasteiger partial charge in [-0.2, -0.15) is 0 Å². The maximum absolute atomic E-state index is 13.5. The minimum Gasteiger partial charge on any atom is -0.496 e. The highest BCUT2D eigenvalue weighted by molar-refractivity contribution is 7.98. The number of sulfone groups is 1. The fourth-order valence-electron chi connectivity index (χ4n) is 9.65. The van der Waals surface area contributed by atoms with Crippen molar-refractivity contribution in [2.45, 2.75) is 266 Å². The summed E-state index contributed by atoms with van der Waals surface area (Å²) in [4.78, 5) is 4.60. The largest absolute Gasteiger partial charge is 0.496 e. The van der Waals surface area contributed by atoms with Gasteiger partial charge in [-0.1, -0.05) is 255 Å². The van der Waals surface area contributed by atoms with E-state index >= 15 is 0 Å². The summed E-state index contributed by atoms with van der Waals surface area (Å²) in [5.74, 6) is 2.16. The molecule has 0 saturated carbocycles. The van der Waals surface area contributed by atoms with Crippen LogP contribution in [-0.2, 0) is 55.5 Å². The molecule has 0 spiro atoms. The van der Waals surface area contributed by atoms with Gasteiger partial charge >= 0.3 is 0 Å². The molecule has 98 heavy (non-hydrogen) atoms. The molecule has 0 saturated heterocycles. The molecule has 1 aliphatic rings. The van der Waals surface area contributed by atoms with Crippen molar-refractivity contribution in [2.75, 3.05) is 14.2 Å².